The molecule has 0 unspecified atom stereocenters. The summed E-state index contributed by atoms with van der Waals surface area (Å²) in [6.45, 7) is 0. The van der Waals surface area contributed by atoms with Gasteiger partial charge in [-0.15, -0.1) is 0 Å². The number of benzene rings is 3. The van der Waals surface area contributed by atoms with Crippen LogP contribution in [0.3, 0.4) is 0 Å². The van der Waals surface area contributed by atoms with Gasteiger partial charge in [0.25, 0.3) is 11.8 Å². The Morgan fingerprint density at radius 3 is 2.23 bits per heavy atom. The molecule has 0 spiro atoms. The van der Waals surface area contributed by atoms with E-state index in [4.69, 9.17) is 17.0 Å². The second-order valence-corrected chi connectivity index (χ2v) is 7.97. The Kier molecular flexibility index (Phi) is 6.11. The van der Waals surface area contributed by atoms with Crippen LogP contribution in [0.15, 0.2) is 103 Å². The quantitative estimate of drug-likeness (QED) is 0.253. The van der Waals surface area contributed by atoms with Crippen LogP contribution < -0.4 is 15.0 Å². The number of aromatic nitrogens is 2. The third-order valence-electron chi connectivity index (χ3n) is 5.31. The summed E-state index contributed by atoms with van der Waals surface area (Å²) < 4.78 is 5.82. The van der Waals surface area contributed by atoms with Crippen LogP contribution in [-0.2, 0) is 9.59 Å². The number of nitrogens with zero attached hydrogens (tertiary/aromatic N) is 3. The van der Waals surface area contributed by atoms with Crippen LogP contribution in [0.4, 0.5) is 5.69 Å². The highest BCUT2D eigenvalue weighted by Crippen LogP contribution is 2.29. The number of hydrogen-bond acceptors (Lipinski definition) is 6. The Morgan fingerprint density at radius 2 is 1.49 bits per heavy atom. The van der Waals surface area contributed by atoms with Gasteiger partial charge in [-0.05, 0) is 65.8 Å². The lowest BCUT2D eigenvalue weighted by molar-refractivity contribution is -0.122. The number of rotatable bonds is 5. The molecule has 2 amide bonds. The highest BCUT2D eigenvalue weighted by Gasteiger charge is 2.34. The standard InChI is InChI=1S/C27H18N4O3S/c32-25-24(14-18-6-4-5-9-23(18)19-15-28-17-29-16-19)26(33)31(27(35)30-25)20-10-12-22(13-11-20)34-21-7-2-1-3-8-21/h1-17H,(H,30,32,35)/b24-14+. The van der Waals surface area contributed by atoms with Gasteiger partial charge in [0.05, 0.1) is 5.69 Å². The summed E-state index contributed by atoms with van der Waals surface area (Å²) in [4.78, 5) is 35.6. The summed E-state index contributed by atoms with van der Waals surface area (Å²) in [5, 5.41) is 2.63. The van der Waals surface area contributed by atoms with Crippen molar-refractivity contribution in [3.63, 3.8) is 0 Å². The van der Waals surface area contributed by atoms with E-state index in [0.29, 0.717) is 22.7 Å². The monoisotopic (exact) mass is 478 g/mol. The van der Waals surface area contributed by atoms with E-state index in [2.05, 4.69) is 15.3 Å². The smallest absolute Gasteiger partial charge is 0.270 e. The topological polar surface area (TPSA) is 84.4 Å². The number of anilines is 1. The molecular weight excluding hydrogens is 460 g/mol. The molecule has 35 heavy (non-hydrogen) atoms. The van der Waals surface area contributed by atoms with Crippen LogP contribution in [-0.4, -0.2) is 26.9 Å². The molecule has 1 aliphatic rings. The van der Waals surface area contributed by atoms with Crippen molar-refractivity contribution in [1.82, 2.24) is 15.3 Å². The molecule has 0 atom stereocenters. The van der Waals surface area contributed by atoms with Crippen molar-refractivity contribution in [2.75, 3.05) is 4.90 Å². The normalized spacial score (nSPS) is 14.7. The fourth-order valence-electron chi connectivity index (χ4n) is 3.66. The molecule has 170 valence electrons. The predicted molar refractivity (Wildman–Crippen MR) is 137 cm³/mol. The molecule has 0 bridgehead atoms. The molecule has 8 heteroatoms. The van der Waals surface area contributed by atoms with Gasteiger partial charge in [0.1, 0.15) is 23.4 Å². The van der Waals surface area contributed by atoms with Crippen molar-refractivity contribution in [3.05, 3.63) is 109 Å². The number of carbonyl (C=O) groups is 2. The van der Waals surface area contributed by atoms with Crippen molar-refractivity contribution < 1.29 is 14.3 Å². The lowest BCUT2D eigenvalue weighted by Crippen LogP contribution is -2.54. The van der Waals surface area contributed by atoms with Gasteiger partial charge >= 0.3 is 0 Å². The molecule has 5 rings (SSSR count). The fourth-order valence-corrected chi connectivity index (χ4v) is 3.94. The van der Waals surface area contributed by atoms with Crippen molar-refractivity contribution in [2.45, 2.75) is 0 Å². The summed E-state index contributed by atoms with van der Waals surface area (Å²) >= 11 is 5.32. The number of carbonyl (C=O) groups excluding carboxylic acids is 2. The van der Waals surface area contributed by atoms with Gasteiger partial charge in [-0.25, -0.2) is 9.97 Å². The Hall–Kier alpha value is -4.69. The van der Waals surface area contributed by atoms with E-state index in [1.165, 1.54) is 11.2 Å². The first-order valence-corrected chi connectivity index (χ1v) is 11.1. The summed E-state index contributed by atoms with van der Waals surface area (Å²) in [6, 6.07) is 23.7. The zero-order valence-corrected chi connectivity index (χ0v) is 19.1. The molecular formula is C27H18N4O3S. The van der Waals surface area contributed by atoms with Gasteiger partial charge in [0.15, 0.2) is 5.11 Å². The molecule has 2 heterocycles. The lowest BCUT2D eigenvalue weighted by atomic mass is 9.99. The molecule has 7 nitrogen and oxygen atoms in total. The number of amides is 2. The second kappa shape index (κ2) is 9.66. The van der Waals surface area contributed by atoms with E-state index in [0.717, 1.165) is 11.1 Å². The summed E-state index contributed by atoms with van der Waals surface area (Å²) in [6.07, 6.45) is 6.35. The highest BCUT2D eigenvalue weighted by molar-refractivity contribution is 7.80. The Bertz CT molecular complexity index is 1440. The van der Waals surface area contributed by atoms with Gasteiger partial charge in [-0.3, -0.25) is 19.8 Å². The maximum atomic E-state index is 13.4. The fraction of sp³-hybridized carbons (Fsp3) is 0. The van der Waals surface area contributed by atoms with Gasteiger partial charge < -0.3 is 4.74 Å². The van der Waals surface area contributed by atoms with Gasteiger partial charge in [0, 0.05) is 18.0 Å². The molecule has 1 aliphatic heterocycles. The Morgan fingerprint density at radius 1 is 0.829 bits per heavy atom. The molecule has 1 fully saturated rings. The number of hydrogen-bond donors (Lipinski definition) is 1. The zero-order chi connectivity index (χ0) is 24.2. The van der Waals surface area contributed by atoms with E-state index >= 15 is 0 Å². The first kappa shape index (κ1) is 22.1. The summed E-state index contributed by atoms with van der Waals surface area (Å²) in [5.41, 5.74) is 2.72. The van der Waals surface area contributed by atoms with Crippen molar-refractivity contribution in [2.24, 2.45) is 0 Å². The molecule has 0 radical (unpaired) electrons. The molecule has 0 aliphatic carbocycles. The maximum Gasteiger partial charge on any atom is 0.270 e. The number of thiocarbonyl (C=S) groups is 1. The second-order valence-electron chi connectivity index (χ2n) is 7.58. The maximum absolute atomic E-state index is 13.4. The number of para-hydroxylation sites is 1. The average molecular weight is 479 g/mol. The Labute approximate surface area is 206 Å². The first-order chi connectivity index (χ1) is 17.1. The summed E-state index contributed by atoms with van der Waals surface area (Å²) in [7, 11) is 0. The zero-order valence-electron chi connectivity index (χ0n) is 18.3. The molecule has 1 N–H and O–H groups in total. The lowest BCUT2D eigenvalue weighted by Gasteiger charge is -2.29. The van der Waals surface area contributed by atoms with Crippen molar-refractivity contribution in [1.29, 1.82) is 0 Å². The van der Waals surface area contributed by atoms with Crippen LogP contribution in [0, 0.1) is 0 Å². The molecule has 3 aromatic carbocycles. The van der Waals surface area contributed by atoms with E-state index in [1.807, 2.05) is 54.6 Å². The molecule has 1 saturated heterocycles. The SMILES string of the molecule is O=C1NC(=S)N(c2ccc(Oc3ccccc3)cc2)C(=O)/C1=C/c1ccccc1-c1cncnc1. The van der Waals surface area contributed by atoms with Crippen LogP contribution in [0.25, 0.3) is 17.2 Å². The third kappa shape index (κ3) is 4.68. The minimum absolute atomic E-state index is 0.0126. The van der Waals surface area contributed by atoms with Crippen molar-refractivity contribution in [3.8, 4) is 22.6 Å². The van der Waals surface area contributed by atoms with Crippen LogP contribution in [0.5, 0.6) is 11.5 Å². The minimum atomic E-state index is -0.556. The van der Waals surface area contributed by atoms with Crippen LogP contribution in [0.2, 0.25) is 0 Å². The van der Waals surface area contributed by atoms with E-state index in [9.17, 15) is 9.59 Å². The first-order valence-electron chi connectivity index (χ1n) is 10.7. The average Bonchev–Trinajstić information content (AvgIpc) is 2.89. The Balaban J connectivity index is 1.45. The number of ether oxygens (including phenoxy) is 1. The number of nitrogens with one attached hydrogen (secondary N) is 1. The van der Waals surface area contributed by atoms with Gasteiger partial charge in [0.2, 0.25) is 0 Å². The molecule has 1 aromatic heterocycles. The van der Waals surface area contributed by atoms with E-state index in [-0.39, 0.29) is 10.7 Å². The largest absolute Gasteiger partial charge is 0.457 e. The van der Waals surface area contributed by atoms with Gasteiger partial charge in [-0.1, -0.05) is 42.5 Å². The predicted octanol–water partition coefficient (Wildman–Crippen LogP) is 4.77. The molecule has 4 aromatic rings. The van der Waals surface area contributed by atoms with Gasteiger partial charge in [-0.2, -0.15) is 0 Å². The highest BCUT2D eigenvalue weighted by atomic mass is 32.1. The summed E-state index contributed by atoms with van der Waals surface area (Å²) in [5.74, 6) is 0.230. The van der Waals surface area contributed by atoms with Crippen LogP contribution in [0.1, 0.15) is 5.56 Å². The van der Waals surface area contributed by atoms with Crippen molar-refractivity contribution >= 4 is 40.9 Å². The van der Waals surface area contributed by atoms with E-state index < -0.39 is 11.8 Å². The molecule has 0 saturated carbocycles. The third-order valence-corrected chi connectivity index (χ3v) is 5.59. The minimum Gasteiger partial charge on any atom is -0.457 e. The van der Waals surface area contributed by atoms with E-state index in [1.54, 1.807) is 42.7 Å². The van der Waals surface area contributed by atoms with Crippen LogP contribution >= 0.6 is 12.2 Å².